The van der Waals surface area contributed by atoms with Gasteiger partial charge in [0.25, 0.3) is 0 Å². The first-order valence-corrected chi connectivity index (χ1v) is 7.25. The van der Waals surface area contributed by atoms with Crippen molar-refractivity contribution in [3.05, 3.63) is 35.4 Å². The number of hydrogen-bond donors (Lipinski definition) is 1. The summed E-state index contributed by atoms with van der Waals surface area (Å²) >= 11 is 1.63. The number of benzene rings is 1. The molecule has 1 aliphatic heterocycles. The van der Waals surface area contributed by atoms with Crippen LogP contribution in [0.4, 0.5) is 13.2 Å². The van der Waals surface area contributed by atoms with Crippen LogP contribution in [0.3, 0.4) is 0 Å². The lowest BCUT2D eigenvalue weighted by Gasteiger charge is -2.21. The molecule has 1 aliphatic rings. The van der Waals surface area contributed by atoms with Crippen LogP contribution in [0.1, 0.15) is 11.1 Å². The van der Waals surface area contributed by atoms with E-state index in [0.717, 1.165) is 18.0 Å². The van der Waals surface area contributed by atoms with Crippen LogP contribution in [0.2, 0.25) is 0 Å². The molecule has 1 amide bonds. The summed E-state index contributed by atoms with van der Waals surface area (Å²) in [6, 6.07) is 4.83. The maximum absolute atomic E-state index is 12.6. The Kier molecular flexibility index (Phi) is 6.37. The minimum absolute atomic E-state index is 0. The summed E-state index contributed by atoms with van der Waals surface area (Å²) in [6.07, 6.45) is -4.36. The van der Waals surface area contributed by atoms with Crippen LogP contribution in [-0.4, -0.2) is 35.5 Å². The molecule has 0 radical (unpaired) electrons. The van der Waals surface area contributed by atoms with Gasteiger partial charge in [-0.1, -0.05) is 12.1 Å². The number of carbonyl (C=O) groups is 1. The number of nitrogens with one attached hydrogen (secondary N) is 1. The van der Waals surface area contributed by atoms with E-state index in [9.17, 15) is 18.0 Å². The summed E-state index contributed by atoms with van der Waals surface area (Å²) in [5.74, 6) is 1.34. The van der Waals surface area contributed by atoms with Crippen molar-refractivity contribution in [2.75, 3.05) is 18.7 Å². The van der Waals surface area contributed by atoms with E-state index in [4.69, 9.17) is 0 Å². The third-order valence-corrected chi connectivity index (χ3v) is 4.00. The van der Waals surface area contributed by atoms with Gasteiger partial charge in [0.1, 0.15) is 0 Å². The lowest BCUT2D eigenvalue weighted by molar-refractivity contribution is -0.137. The Morgan fingerprint density at radius 2 is 2.19 bits per heavy atom. The van der Waals surface area contributed by atoms with Crippen LogP contribution in [-0.2, 0) is 17.5 Å². The SMILES string of the molecule is CN(Cc1cccc(C(F)(F)F)c1)C(=O)C1CSCN1.Cl. The van der Waals surface area contributed by atoms with Gasteiger partial charge < -0.3 is 4.90 Å². The molecule has 0 saturated carbocycles. The molecule has 1 fully saturated rings. The summed E-state index contributed by atoms with van der Waals surface area (Å²) < 4.78 is 37.8. The van der Waals surface area contributed by atoms with Gasteiger partial charge in [-0.15, -0.1) is 24.2 Å². The summed E-state index contributed by atoms with van der Waals surface area (Å²) in [5, 5.41) is 3.05. The van der Waals surface area contributed by atoms with Gasteiger partial charge in [0.05, 0.1) is 11.6 Å². The zero-order valence-corrected chi connectivity index (χ0v) is 12.9. The van der Waals surface area contributed by atoms with E-state index >= 15 is 0 Å². The Hall–Kier alpha value is -0.920. The molecule has 21 heavy (non-hydrogen) atoms. The average molecular weight is 341 g/mol. The van der Waals surface area contributed by atoms with Gasteiger partial charge in [0, 0.05) is 25.2 Å². The van der Waals surface area contributed by atoms with E-state index in [-0.39, 0.29) is 30.9 Å². The Labute approximate surface area is 131 Å². The molecule has 1 N–H and O–H groups in total. The molecule has 1 aromatic rings. The zero-order valence-electron chi connectivity index (χ0n) is 11.3. The summed E-state index contributed by atoms with van der Waals surface area (Å²) in [7, 11) is 1.60. The number of carbonyl (C=O) groups excluding carboxylic acids is 1. The molecule has 8 heteroatoms. The molecule has 3 nitrogen and oxygen atoms in total. The molecule has 1 unspecified atom stereocenters. The van der Waals surface area contributed by atoms with E-state index in [1.807, 2.05) is 0 Å². The molecule has 0 aromatic heterocycles. The number of alkyl halides is 3. The zero-order chi connectivity index (χ0) is 14.8. The third kappa shape index (κ3) is 4.79. The number of nitrogens with zero attached hydrogens (tertiary/aromatic N) is 1. The number of thioether (sulfide) groups is 1. The summed E-state index contributed by atoms with van der Waals surface area (Å²) in [4.78, 5) is 13.5. The summed E-state index contributed by atoms with van der Waals surface area (Å²) in [6.45, 7) is 0.172. The topological polar surface area (TPSA) is 32.3 Å². The van der Waals surface area contributed by atoms with Crippen molar-refractivity contribution in [2.24, 2.45) is 0 Å². The van der Waals surface area contributed by atoms with Crippen molar-refractivity contribution in [1.29, 1.82) is 0 Å². The smallest absolute Gasteiger partial charge is 0.340 e. The van der Waals surface area contributed by atoms with Crippen molar-refractivity contribution >= 4 is 30.1 Å². The highest BCUT2D eigenvalue weighted by Crippen LogP contribution is 2.29. The quantitative estimate of drug-likeness (QED) is 0.918. The molecule has 0 aliphatic carbocycles. The number of amides is 1. The Bertz CT molecular complexity index is 493. The Morgan fingerprint density at radius 1 is 1.48 bits per heavy atom. The number of hydrogen-bond acceptors (Lipinski definition) is 3. The second-order valence-corrected chi connectivity index (χ2v) is 5.69. The highest BCUT2D eigenvalue weighted by atomic mass is 35.5. The molecular weight excluding hydrogens is 325 g/mol. The summed E-state index contributed by atoms with van der Waals surface area (Å²) in [5.41, 5.74) is -0.216. The maximum atomic E-state index is 12.6. The fourth-order valence-corrected chi connectivity index (χ4v) is 2.95. The fourth-order valence-electron chi connectivity index (χ4n) is 2.02. The van der Waals surface area contributed by atoms with Gasteiger partial charge in [-0.05, 0) is 17.7 Å². The van der Waals surface area contributed by atoms with Crippen LogP contribution in [0.15, 0.2) is 24.3 Å². The second-order valence-electron chi connectivity index (χ2n) is 4.66. The van der Waals surface area contributed by atoms with Crippen molar-refractivity contribution in [2.45, 2.75) is 18.8 Å². The Morgan fingerprint density at radius 3 is 2.76 bits per heavy atom. The van der Waals surface area contributed by atoms with Crippen LogP contribution < -0.4 is 5.32 Å². The Balaban J connectivity index is 0.00000220. The highest BCUT2D eigenvalue weighted by molar-refractivity contribution is 7.99. The van der Waals surface area contributed by atoms with Gasteiger partial charge in [-0.2, -0.15) is 13.2 Å². The molecule has 1 atom stereocenters. The first kappa shape index (κ1) is 18.1. The molecule has 1 aromatic carbocycles. The van der Waals surface area contributed by atoms with Crippen molar-refractivity contribution in [3.63, 3.8) is 0 Å². The van der Waals surface area contributed by atoms with E-state index in [1.165, 1.54) is 11.0 Å². The number of likely N-dealkylation sites (N-methyl/N-ethyl adjacent to an activating group) is 1. The first-order chi connectivity index (χ1) is 9.38. The van der Waals surface area contributed by atoms with E-state index < -0.39 is 11.7 Å². The van der Waals surface area contributed by atoms with Crippen molar-refractivity contribution in [3.8, 4) is 0 Å². The average Bonchev–Trinajstić information content (AvgIpc) is 2.91. The molecular formula is C13H16ClF3N2OS. The van der Waals surface area contributed by atoms with Gasteiger partial charge >= 0.3 is 6.18 Å². The standard InChI is InChI=1S/C13H15F3N2OS.ClH/c1-18(12(19)11-7-20-8-17-11)6-9-3-2-4-10(5-9)13(14,15)16;/h2-5,11,17H,6-8H2,1H3;1H. The van der Waals surface area contributed by atoms with Crippen LogP contribution in [0, 0.1) is 0 Å². The van der Waals surface area contributed by atoms with E-state index in [0.29, 0.717) is 11.3 Å². The van der Waals surface area contributed by atoms with Crippen LogP contribution >= 0.6 is 24.2 Å². The minimum atomic E-state index is -4.36. The lowest BCUT2D eigenvalue weighted by Crippen LogP contribution is -2.42. The van der Waals surface area contributed by atoms with Crippen LogP contribution in [0.5, 0.6) is 0 Å². The highest BCUT2D eigenvalue weighted by Gasteiger charge is 2.31. The molecule has 0 bridgehead atoms. The third-order valence-electron chi connectivity index (χ3n) is 3.06. The lowest BCUT2D eigenvalue weighted by atomic mass is 10.1. The van der Waals surface area contributed by atoms with Crippen molar-refractivity contribution in [1.82, 2.24) is 10.2 Å². The first-order valence-electron chi connectivity index (χ1n) is 6.10. The van der Waals surface area contributed by atoms with E-state index in [2.05, 4.69) is 5.32 Å². The van der Waals surface area contributed by atoms with Gasteiger partial charge in [-0.3, -0.25) is 10.1 Å². The maximum Gasteiger partial charge on any atom is 0.416 e. The molecule has 118 valence electrons. The largest absolute Gasteiger partial charge is 0.416 e. The molecule has 1 saturated heterocycles. The molecule has 2 rings (SSSR count). The second kappa shape index (κ2) is 7.38. The van der Waals surface area contributed by atoms with Crippen LogP contribution in [0.25, 0.3) is 0 Å². The predicted molar refractivity (Wildman–Crippen MR) is 79.4 cm³/mol. The predicted octanol–water partition coefficient (Wildman–Crippen LogP) is 2.75. The minimum Gasteiger partial charge on any atom is -0.340 e. The monoisotopic (exact) mass is 340 g/mol. The van der Waals surface area contributed by atoms with Gasteiger partial charge in [0.15, 0.2) is 0 Å². The van der Waals surface area contributed by atoms with Gasteiger partial charge in [0.2, 0.25) is 5.91 Å². The van der Waals surface area contributed by atoms with Crippen molar-refractivity contribution < 1.29 is 18.0 Å². The fraction of sp³-hybridized carbons (Fsp3) is 0.462. The number of halogens is 4. The van der Waals surface area contributed by atoms with E-state index in [1.54, 1.807) is 24.9 Å². The molecule has 1 heterocycles. The number of rotatable bonds is 3. The molecule has 0 spiro atoms. The van der Waals surface area contributed by atoms with Gasteiger partial charge in [-0.25, -0.2) is 0 Å². The normalized spacial score (nSPS) is 18.2.